The Kier molecular flexibility index (Phi) is 5.14. The van der Waals surface area contributed by atoms with Crippen LogP contribution in [0.15, 0.2) is 0 Å². The summed E-state index contributed by atoms with van der Waals surface area (Å²) in [5.41, 5.74) is 5.82. The van der Waals surface area contributed by atoms with Crippen molar-refractivity contribution in [3.05, 3.63) is 0 Å². The second-order valence-corrected chi connectivity index (χ2v) is 5.20. The van der Waals surface area contributed by atoms with Crippen LogP contribution < -0.4 is 5.73 Å². The summed E-state index contributed by atoms with van der Waals surface area (Å²) in [4.78, 5) is 0. The standard InChI is InChI=1S/C10H21NOS/c1-2-12-7-3-5-10(9-11)6-4-8-13-10/h2-9,11H2,1H3. The molecule has 0 amide bonds. The highest BCUT2D eigenvalue weighted by Gasteiger charge is 2.32. The van der Waals surface area contributed by atoms with Crippen LogP contribution in [0.3, 0.4) is 0 Å². The first-order valence-electron chi connectivity index (χ1n) is 5.25. The summed E-state index contributed by atoms with van der Waals surface area (Å²) in [6, 6.07) is 0. The van der Waals surface area contributed by atoms with Crippen molar-refractivity contribution in [3.8, 4) is 0 Å². The van der Waals surface area contributed by atoms with Crippen molar-refractivity contribution in [2.45, 2.75) is 37.4 Å². The van der Waals surface area contributed by atoms with Gasteiger partial charge in [0, 0.05) is 24.5 Å². The molecular weight excluding hydrogens is 182 g/mol. The maximum absolute atomic E-state index is 5.82. The predicted octanol–water partition coefficient (Wildman–Crippen LogP) is 2.03. The Morgan fingerprint density at radius 1 is 1.54 bits per heavy atom. The molecule has 0 aromatic heterocycles. The summed E-state index contributed by atoms with van der Waals surface area (Å²) < 4.78 is 5.73. The summed E-state index contributed by atoms with van der Waals surface area (Å²) in [6.07, 6.45) is 5.04. The smallest absolute Gasteiger partial charge is 0.0466 e. The molecule has 0 spiro atoms. The molecule has 1 saturated heterocycles. The molecule has 0 aromatic carbocycles. The third-order valence-corrected chi connectivity index (χ3v) is 4.36. The van der Waals surface area contributed by atoms with Gasteiger partial charge in [-0.05, 0) is 38.4 Å². The number of rotatable bonds is 6. The third-order valence-electron chi connectivity index (χ3n) is 2.68. The first-order chi connectivity index (χ1) is 6.33. The highest BCUT2D eigenvalue weighted by Crippen LogP contribution is 2.40. The lowest BCUT2D eigenvalue weighted by Gasteiger charge is -2.25. The minimum atomic E-state index is 0.400. The summed E-state index contributed by atoms with van der Waals surface area (Å²) >= 11 is 2.07. The van der Waals surface area contributed by atoms with E-state index in [1.165, 1.54) is 25.0 Å². The molecule has 0 radical (unpaired) electrons. The molecule has 1 heterocycles. The van der Waals surface area contributed by atoms with Crippen LogP contribution in [-0.2, 0) is 4.74 Å². The minimum absolute atomic E-state index is 0.400. The Labute approximate surface area is 85.6 Å². The number of nitrogens with two attached hydrogens (primary N) is 1. The van der Waals surface area contributed by atoms with Gasteiger partial charge in [-0.2, -0.15) is 11.8 Å². The molecule has 0 saturated carbocycles. The normalized spacial score (nSPS) is 28.2. The molecule has 2 nitrogen and oxygen atoms in total. The SMILES string of the molecule is CCOCCCC1(CN)CCCS1. The first kappa shape index (κ1) is 11.3. The van der Waals surface area contributed by atoms with Gasteiger partial charge in [-0.15, -0.1) is 0 Å². The van der Waals surface area contributed by atoms with Crippen LogP contribution >= 0.6 is 11.8 Å². The molecule has 1 atom stereocenters. The molecule has 78 valence electrons. The summed E-state index contributed by atoms with van der Waals surface area (Å²) in [7, 11) is 0. The summed E-state index contributed by atoms with van der Waals surface area (Å²) in [5, 5.41) is 0. The van der Waals surface area contributed by atoms with Crippen molar-refractivity contribution in [2.24, 2.45) is 5.73 Å². The zero-order valence-corrected chi connectivity index (χ0v) is 9.37. The lowest BCUT2D eigenvalue weighted by molar-refractivity contribution is 0.141. The van der Waals surface area contributed by atoms with E-state index in [4.69, 9.17) is 10.5 Å². The molecule has 0 aliphatic carbocycles. The van der Waals surface area contributed by atoms with Crippen molar-refractivity contribution in [3.63, 3.8) is 0 Å². The van der Waals surface area contributed by atoms with Crippen LogP contribution in [0.1, 0.15) is 32.6 Å². The van der Waals surface area contributed by atoms with Gasteiger partial charge in [0.25, 0.3) is 0 Å². The molecule has 1 aliphatic rings. The second kappa shape index (κ2) is 5.89. The number of hydrogen-bond acceptors (Lipinski definition) is 3. The van der Waals surface area contributed by atoms with Crippen molar-refractivity contribution in [2.75, 3.05) is 25.5 Å². The molecule has 0 aromatic rings. The molecule has 0 bridgehead atoms. The van der Waals surface area contributed by atoms with E-state index in [-0.39, 0.29) is 0 Å². The summed E-state index contributed by atoms with van der Waals surface area (Å²) in [6.45, 7) is 4.62. The summed E-state index contributed by atoms with van der Waals surface area (Å²) in [5.74, 6) is 1.30. The molecule has 1 fully saturated rings. The average Bonchev–Trinajstić information content (AvgIpc) is 2.62. The van der Waals surface area contributed by atoms with Crippen molar-refractivity contribution >= 4 is 11.8 Å². The Morgan fingerprint density at radius 3 is 2.92 bits per heavy atom. The first-order valence-corrected chi connectivity index (χ1v) is 6.23. The van der Waals surface area contributed by atoms with Gasteiger partial charge in [-0.25, -0.2) is 0 Å². The van der Waals surface area contributed by atoms with E-state index < -0.39 is 0 Å². The van der Waals surface area contributed by atoms with Crippen molar-refractivity contribution < 1.29 is 4.74 Å². The van der Waals surface area contributed by atoms with Crippen molar-refractivity contribution in [1.82, 2.24) is 0 Å². The van der Waals surface area contributed by atoms with Crippen LogP contribution in [0.25, 0.3) is 0 Å². The monoisotopic (exact) mass is 203 g/mol. The van der Waals surface area contributed by atoms with Gasteiger partial charge in [0.15, 0.2) is 0 Å². The van der Waals surface area contributed by atoms with Gasteiger partial charge in [0.2, 0.25) is 0 Å². The number of hydrogen-bond donors (Lipinski definition) is 1. The van der Waals surface area contributed by atoms with E-state index in [1.807, 2.05) is 6.92 Å². The van der Waals surface area contributed by atoms with Gasteiger partial charge < -0.3 is 10.5 Å². The maximum atomic E-state index is 5.82. The molecule has 1 rings (SSSR count). The second-order valence-electron chi connectivity index (χ2n) is 3.64. The zero-order valence-electron chi connectivity index (χ0n) is 8.55. The Bertz CT molecular complexity index is 135. The van der Waals surface area contributed by atoms with E-state index in [9.17, 15) is 0 Å². The van der Waals surface area contributed by atoms with Crippen LogP contribution in [0.4, 0.5) is 0 Å². The van der Waals surface area contributed by atoms with Crippen LogP contribution in [0.2, 0.25) is 0 Å². The quantitative estimate of drug-likeness (QED) is 0.671. The molecule has 3 heteroatoms. The molecule has 2 N–H and O–H groups in total. The molecular formula is C10H21NOS. The zero-order chi connectivity index (χ0) is 9.57. The number of ether oxygens (including phenoxy) is 1. The molecule has 1 unspecified atom stereocenters. The molecule has 13 heavy (non-hydrogen) atoms. The lowest BCUT2D eigenvalue weighted by atomic mass is 9.98. The van der Waals surface area contributed by atoms with E-state index in [2.05, 4.69) is 11.8 Å². The van der Waals surface area contributed by atoms with Crippen LogP contribution in [0, 0.1) is 0 Å². The Balaban J connectivity index is 2.16. The fourth-order valence-electron chi connectivity index (χ4n) is 1.86. The van der Waals surface area contributed by atoms with E-state index in [1.54, 1.807) is 0 Å². The van der Waals surface area contributed by atoms with Gasteiger partial charge in [-0.1, -0.05) is 0 Å². The van der Waals surface area contributed by atoms with Crippen LogP contribution in [0.5, 0.6) is 0 Å². The van der Waals surface area contributed by atoms with Gasteiger partial charge in [0.1, 0.15) is 0 Å². The fraction of sp³-hybridized carbons (Fsp3) is 1.00. The van der Waals surface area contributed by atoms with Crippen LogP contribution in [-0.4, -0.2) is 30.3 Å². The Morgan fingerprint density at radius 2 is 2.38 bits per heavy atom. The molecule has 1 aliphatic heterocycles. The number of thioether (sulfide) groups is 1. The fourth-order valence-corrected chi connectivity index (χ4v) is 3.27. The van der Waals surface area contributed by atoms with Gasteiger partial charge in [0.05, 0.1) is 0 Å². The van der Waals surface area contributed by atoms with Gasteiger partial charge >= 0.3 is 0 Å². The predicted molar refractivity (Wildman–Crippen MR) is 59.2 cm³/mol. The topological polar surface area (TPSA) is 35.2 Å². The lowest BCUT2D eigenvalue weighted by Crippen LogP contribution is -2.31. The van der Waals surface area contributed by atoms with E-state index in [0.29, 0.717) is 4.75 Å². The Hall–Kier alpha value is 0.270. The van der Waals surface area contributed by atoms with Gasteiger partial charge in [-0.3, -0.25) is 0 Å². The highest BCUT2D eigenvalue weighted by atomic mass is 32.2. The van der Waals surface area contributed by atoms with E-state index in [0.717, 1.165) is 26.2 Å². The average molecular weight is 203 g/mol. The third kappa shape index (κ3) is 3.49. The highest BCUT2D eigenvalue weighted by molar-refractivity contribution is 8.00. The van der Waals surface area contributed by atoms with E-state index >= 15 is 0 Å². The maximum Gasteiger partial charge on any atom is 0.0466 e. The van der Waals surface area contributed by atoms with Crippen molar-refractivity contribution in [1.29, 1.82) is 0 Å². The minimum Gasteiger partial charge on any atom is -0.382 e. The largest absolute Gasteiger partial charge is 0.382 e.